The third-order valence-electron chi connectivity index (χ3n) is 4.32. The van der Waals surface area contributed by atoms with E-state index >= 15 is 0 Å². The molecule has 0 aromatic heterocycles. The summed E-state index contributed by atoms with van der Waals surface area (Å²) in [5.74, 6) is -0.905. The summed E-state index contributed by atoms with van der Waals surface area (Å²) in [5, 5.41) is 2.66. The molecule has 0 aliphatic heterocycles. The molecule has 0 unspecified atom stereocenters. The highest BCUT2D eigenvalue weighted by molar-refractivity contribution is 7.92. The maximum Gasteiger partial charge on any atom is 0.338 e. The van der Waals surface area contributed by atoms with Gasteiger partial charge in [-0.15, -0.1) is 0 Å². The van der Waals surface area contributed by atoms with Crippen LogP contribution in [0.4, 0.5) is 11.4 Å². The number of hydrogen-bond acceptors (Lipinski definition) is 5. The average Bonchev–Trinajstić information content (AvgIpc) is 2.65. The number of hydrogen-bond donors (Lipinski definition) is 1. The van der Waals surface area contributed by atoms with E-state index in [-0.39, 0.29) is 6.54 Å². The molecule has 8 heteroatoms. The summed E-state index contributed by atoms with van der Waals surface area (Å²) in [6.45, 7) is 5.75. The summed E-state index contributed by atoms with van der Waals surface area (Å²) in [4.78, 5) is 24.4. The van der Waals surface area contributed by atoms with Crippen molar-refractivity contribution in [1.82, 2.24) is 0 Å². The second kappa shape index (κ2) is 10.2. The molecule has 0 heterocycles. The fourth-order valence-corrected chi connectivity index (χ4v) is 3.75. The number of sulfonamides is 1. The topological polar surface area (TPSA) is 92.8 Å². The summed E-state index contributed by atoms with van der Waals surface area (Å²) >= 11 is 0. The molecule has 0 fully saturated rings. The number of benzene rings is 2. The van der Waals surface area contributed by atoms with Crippen LogP contribution in [-0.2, 0) is 19.6 Å². The molecule has 0 bridgehead atoms. The van der Waals surface area contributed by atoms with Gasteiger partial charge in [0.1, 0.15) is 6.54 Å². The second-order valence-corrected chi connectivity index (χ2v) is 9.14. The molecule has 30 heavy (non-hydrogen) atoms. The average molecular weight is 433 g/mol. The largest absolute Gasteiger partial charge is 0.462 e. The van der Waals surface area contributed by atoms with E-state index < -0.39 is 21.9 Å². The molecule has 0 aliphatic rings. The minimum absolute atomic E-state index is 0.359. The minimum atomic E-state index is -3.66. The molecule has 7 nitrogen and oxygen atoms in total. The van der Waals surface area contributed by atoms with E-state index in [4.69, 9.17) is 4.74 Å². The van der Waals surface area contributed by atoms with Gasteiger partial charge in [-0.3, -0.25) is 9.10 Å². The Morgan fingerprint density at radius 1 is 1.03 bits per heavy atom. The van der Waals surface area contributed by atoms with Crippen LogP contribution in [0.1, 0.15) is 41.3 Å². The van der Waals surface area contributed by atoms with Crippen LogP contribution in [0.5, 0.6) is 0 Å². The van der Waals surface area contributed by atoms with Crippen LogP contribution in [0.3, 0.4) is 0 Å². The van der Waals surface area contributed by atoms with Crippen molar-refractivity contribution < 1.29 is 22.7 Å². The number of esters is 1. The number of carbonyl (C=O) groups is 2. The summed E-state index contributed by atoms with van der Waals surface area (Å²) < 4.78 is 30.7. The first-order valence-corrected chi connectivity index (χ1v) is 11.6. The van der Waals surface area contributed by atoms with Crippen LogP contribution < -0.4 is 9.62 Å². The van der Waals surface area contributed by atoms with Crippen molar-refractivity contribution >= 4 is 33.3 Å². The first-order valence-electron chi connectivity index (χ1n) is 9.73. The van der Waals surface area contributed by atoms with E-state index in [0.717, 1.165) is 34.5 Å². The van der Waals surface area contributed by atoms with Crippen molar-refractivity contribution in [3.05, 3.63) is 59.2 Å². The standard InChI is InChI=1S/C22H28N2O5S/c1-5-6-11-29-22(26)18-7-9-19(10-8-18)23-21(25)15-24(30(4,27)28)20-13-16(2)12-17(3)14-20/h7-10,12-14H,5-6,11,15H2,1-4H3,(H,23,25). The Labute approximate surface area is 178 Å². The van der Waals surface area contributed by atoms with E-state index in [1.54, 1.807) is 36.4 Å². The van der Waals surface area contributed by atoms with Gasteiger partial charge in [0.25, 0.3) is 0 Å². The maximum absolute atomic E-state index is 12.5. The minimum Gasteiger partial charge on any atom is -0.462 e. The number of amides is 1. The first-order chi connectivity index (χ1) is 14.1. The Kier molecular flexibility index (Phi) is 8.00. The summed E-state index contributed by atoms with van der Waals surface area (Å²) in [7, 11) is -3.66. The molecule has 2 aromatic rings. The number of rotatable bonds is 9. The lowest BCUT2D eigenvalue weighted by atomic mass is 10.1. The van der Waals surface area contributed by atoms with E-state index in [0.29, 0.717) is 23.5 Å². The molecule has 0 saturated heterocycles. The first kappa shape index (κ1) is 23.4. The predicted octanol–water partition coefficient (Wildman–Crippen LogP) is 3.67. The molecule has 0 spiro atoms. The number of carbonyl (C=O) groups excluding carboxylic acids is 2. The van der Waals surface area contributed by atoms with Gasteiger partial charge in [-0.1, -0.05) is 19.4 Å². The van der Waals surface area contributed by atoms with Gasteiger partial charge in [0, 0.05) is 5.69 Å². The monoisotopic (exact) mass is 432 g/mol. The van der Waals surface area contributed by atoms with Crippen LogP contribution in [0.15, 0.2) is 42.5 Å². The van der Waals surface area contributed by atoms with E-state index in [1.807, 2.05) is 26.8 Å². The van der Waals surface area contributed by atoms with Gasteiger partial charge in [-0.25, -0.2) is 13.2 Å². The molecule has 0 aliphatic carbocycles. The number of nitrogens with zero attached hydrogens (tertiary/aromatic N) is 1. The van der Waals surface area contributed by atoms with Crippen LogP contribution in [-0.4, -0.2) is 39.7 Å². The van der Waals surface area contributed by atoms with E-state index in [9.17, 15) is 18.0 Å². The molecule has 0 atom stereocenters. The number of anilines is 2. The van der Waals surface area contributed by atoms with Gasteiger partial charge in [0.2, 0.25) is 15.9 Å². The SMILES string of the molecule is CCCCOC(=O)c1ccc(NC(=O)CN(c2cc(C)cc(C)c2)S(C)(=O)=O)cc1. The molecule has 0 saturated carbocycles. The third kappa shape index (κ3) is 6.88. The zero-order valence-electron chi connectivity index (χ0n) is 17.8. The Morgan fingerprint density at radius 3 is 2.17 bits per heavy atom. The van der Waals surface area contributed by atoms with Crippen molar-refractivity contribution in [3.8, 4) is 0 Å². The molecule has 1 amide bonds. The summed E-state index contributed by atoms with van der Waals surface area (Å²) in [6, 6.07) is 11.6. The van der Waals surface area contributed by atoms with Crippen molar-refractivity contribution in [3.63, 3.8) is 0 Å². The third-order valence-corrected chi connectivity index (χ3v) is 5.46. The second-order valence-electron chi connectivity index (χ2n) is 7.23. The van der Waals surface area contributed by atoms with Crippen LogP contribution in [0.25, 0.3) is 0 Å². The lowest BCUT2D eigenvalue weighted by Gasteiger charge is -2.22. The molecule has 2 rings (SSSR count). The molecule has 2 aromatic carbocycles. The van der Waals surface area contributed by atoms with Gasteiger partial charge in [-0.05, 0) is 67.8 Å². The smallest absolute Gasteiger partial charge is 0.338 e. The van der Waals surface area contributed by atoms with Crippen molar-refractivity contribution in [1.29, 1.82) is 0 Å². The van der Waals surface area contributed by atoms with Crippen LogP contribution in [0, 0.1) is 13.8 Å². The van der Waals surface area contributed by atoms with Crippen LogP contribution >= 0.6 is 0 Å². The molecule has 162 valence electrons. The lowest BCUT2D eigenvalue weighted by molar-refractivity contribution is -0.114. The highest BCUT2D eigenvalue weighted by atomic mass is 32.2. The summed E-state index contributed by atoms with van der Waals surface area (Å²) in [6.07, 6.45) is 2.80. The number of unbranched alkanes of at least 4 members (excludes halogenated alkanes) is 1. The van der Waals surface area contributed by atoms with Gasteiger partial charge in [0.05, 0.1) is 24.1 Å². The van der Waals surface area contributed by atoms with E-state index in [2.05, 4.69) is 5.32 Å². The van der Waals surface area contributed by atoms with Gasteiger partial charge in [0.15, 0.2) is 0 Å². The fraction of sp³-hybridized carbons (Fsp3) is 0.364. The van der Waals surface area contributed by atoms with E-state index in [1.165, 1.54) is 0 Å². The summed E-state index contributed by atoms with van der Waals surface area (Å²) in [5.41, 5.74) is 3.09. The molecular weight excluding hydrogens is 404 g/mol. The molecule has 0 radical (unpaired) electrons. The lowest BCUT2D eigenvalue weighted by Crippen LogP contribution is -2.37. The van der Waals surface area contributed by atoms with Crippen LogP contribution in [0.2, 0.25) is 0 Å². The highest BCUT2D eigenvalue weighted by Gasteiger charge is 2.21. The van der Waals surface area contributed by atoms with Crippen molar-refractivity contribution in [2.24, 2.45) is 0 Å². The Morgan fingerprint density at radius 2 is 1.63 bits per heavy atom. The number of aryl methyl sites for hydroxylation is 2. The molecule has 1 N–H and O–H groups in total. The van der Waals surface area contributed by atoms with Gasteiger partial charge in [-0.2, -0.15) is 0 Å². The van der Waals surface area contributed by atoms with Crippen molar-refractivity contribution in [2.75, 3.05) is 29.0 Å². The molecular formula is C22H28N2O5S. The zero-order chi connectivity index (χ0) is 22.3. The Hall–Kier alpha value is -2.87. The predicted molar refractivity (Wildman–Crippen MR) is 118 cm³/mol. The number of ether oxygens (including phenoxy) is 1. The highest BCUT2D eigenvalue weighted by Crippen LogP contribution is 2.21. The zero-order valence-corrected chi connectivity index (χ0v) is 18.6. The fourth-order valence-electron chi connectivity index (χ4n) is 2.91. The Bertz CT molecular complexity index is 980. The van der Waals surface area contributed by atoms with Crippen molar-refractivity contribution in [2.45, 2.75) is 33.6 Å². The quantitative estimate of drug-likeness (QED) is 0.482. The number of nitrogens with one attached hydrogen (secondary N) is 1. The normalized spacial score (nSPS) is 11.1. The Balaban J connectivity index is 2.08. The van der Waals surface area contributed by atoms with Gasteiger partial charge < -0.3 is 10.1 Å². The van der Waals surface area contributed by atoms with Gasteiger partial charge >= 0.3 is 5.97 Å². The maximum atomic E-state index is 12.5.